The summed E-state index contributed by atoms with van der Waals surface area (Å²) >= 11 is 0. The molecule has 2 amide bonds. The predicted molar refractivity (Wildman–Crippen MR) is 77.9 cm³/mol. The average Bonchev–Trinajstić information content (AvgIpc) is 3.13. The Balaban J connectivity index is 1.57. The standard InChI is InChI=1S/C15H15N3O5/c1-8-11(9(2)23-18-8)6-14(19)16-17-15(20)10-3-4-12-13(5-10)22-7-21-12/h3-5H,6-7H2,1-2H3,(H,16,19)(H,17,20). The topological polar surface area (TPSA) is 103 Å². The van der Waals surface area contributed by atoms with Gasteiger partial charge < -0.3 is 14.0 Å². The lowest BCUT2D eigenvalue weighted by atomic mass is 10.1. The summed E-state index contributed by atoms with van der Waals surface area (Å²) in [6.07, 6.45) is 0.0720. The largest absolute Gasteiger partial charge is 0.454 e. The minimum absolute atomic E-state index is 0.0720. The molecule has 1 aliphatic rings. The van der Waals surface area contributed by atoms with Crippen LogP contribution in [0.5, 0.6) is 11.5 Å². The second kappa shape index (κ2) is 5.99. The maximum absolute atomic E-state index is 12.0. The first kappa shape index (κ1) is 14.9. The number of hydrogen-bond acceptors (Lipinski definition) is 6. The second-order valence-electron chi connectivity index (χ2n) is 5.05. The highest BCUT2D eigenvalue weighted by molar-refractivity contribution is 5.96. The van der Waals surface area contributed by atoms with Gasteiger partial charge in [0.15, 0.2) is 11.5 Å². The molecule has 8 heteroatoms. The summed E-state index contributed by atoms with van der Waals surface area (Å²) in [5, 5.41) is 3.78. The Morgan fingerprint density at radius 1 is 1.17 bits per heavy atom. The number of fused-ring (bicyclic) bond motifs is 1. The van der Waals surface area contributed by atoms with Crippen molar-refractivity contribution in [3.8, 4) is 11.5 Å². The Labute approximate surface area is 131 Å². The molecular formula is C15H15N3O5. The fourth-order valence-electron chi connectivity index (χ4n) is 2.20. The Kier molecular flexibility index (Phi) is 3.88. The van der Waals surface area contributed by atoms with E-state index in [9.17, 15) is 9.59 Å². The fraction of sp³-hybridized carbons (Fsp3) is 0.267. The fourth-order valence-corrected chi connectivity index (χ4v) is 2.20. The van der Waals surface area contributed by atoms with Crippen LogP contribution in [0.3, 0.4) is 0 Å². The van der Waals surface area contributed by atoms with Crippen LogP contribution in [0.1, 0.15) is 27.4 Å². The Hall–Kier alpha value is -3.03. The SMILES string of the molecule is Cc1noc(C)c1CC(=O)NNC(=O)c1ccc2c(c1)OCO2. The molecule has 23 heavy (non-hydrogen) atoms. The van der Waals surface area contributed by atoms with Crippen LogP contribution in [0.15, 0.2) is 22.7 Å². The molecule has 0 fully saturated rings. The molecule has 8 nitrogen and oxygen atoms in total. The first-order chi connectivity index (χ1) is 11.0. The summed E-state index contributed by atoms with van der Waals surface area (Å²) in [7, 11) is 0. The number of amides is 2. The van der Waals surface area contributed by atoms with E-state index < -0.39 is 5.91 Å². The number of hydrogen-bond donors (Lipinski definition) is 2. The zero-order chi connectivity index (χ0) is 16.4. The number of aryl methyl sites for hydroxylation is 2. The Bertz CT molecular complexity index is 749. The smallest absolute Gasteiger partial charge is 0.269 e. The lowest BCUT2D eigenvalue weighted by Crippen LogP contribution is -2.42. The predicted octanol–water partition coefficient (Wildman–Crippen LogP) is 1.02. The molecule has 1 aromatic carbocycles. The minimum atomic E-state index is -0.449. The van der Waals surface area contributed by atoms with Crippen LogP contribution in [0, 0.1) is 13.8 Å². The van der Waals surface area contributed by atoms with Crippen molar-refractivity contribution in [1.29, 1.82) is 0 Å². The van der Waals surface area contributed by atoms with E-state index in [4.69, 9.17) is 14.0 Å². The van der Waals surface area contributed by atoms with Crippen LogP contribution in [0.4, 0.5) is 0 Å². The van der Waals surface area contributed by atoms with Gasteiger partial charge in [-0.25, -0.2) is 0 Å². The highest BCUT2D eigenvalue weighted by atomic mass is 16.7. The molecule has 0 bridgehead atoms. The Morgan fingerprint density at radius 2 is 1.96 bits per heavy atom. The van der Waals surface area contributed by atoms with E-state index in [0.717, 1.165) is 0 Å². The van der Waals surface area contributed by atoms with E-state index in [0.29, 0.717) is 34.1 Å². The van der Waals surface area contributed by atoms with Gasteiger partial charge in [0, 0.05) is 11.1 Å². The normalized spacial score (nSPS) is 12.1. The average molecular weight is 317 g/mol. The highest BCUT2D eigenvalue weighted by Gasteiger charge is 2.17. The van der Waals surface area contributed by atoms with Crippen LogP contribution in [0.2, 0.25) is 0 Å². The maximum atomic E-state index is 12.0. The molecule has 0 saturated heterocycles. The lowest BCUT2D eigenvalue weighted by Gasteiger charge is -2.07. The second-order valence-corrected chi connectivity index (χ2v) is 5.05. The quantitative estimate of drug-likeness (QED) is 0.820. The van der Waals surface area contributed by atoms with Crippen LogP contribution >= 0.6 is 0 Å². The molecule has 2 aromatic rings. The van der Waals surface area contributed by atoms with Crippen LogP contribution in [-0.2, 0) is 11.2 Å². The molecular weight excluding hydrogens is 302 g/mol. The first-order valence-corrected chi connectivity index (χ1v) is 6.95. The molecule has 0 aliphatic carbocycles. The minimum Gasteiger partial charge on any atom is -0.454 e. The van der Waals surface area contributed by atoms with Crippen molar-refractivity contribution in [1.82, 2.24) is 16.0 Å². The number of hydrazine groups is 1. The van der Waals surface area contributed by atoms with E-state index in [1.807, 2.05) is 0 Å². The number of rotatable bonds is 3. The van der Waals surface area contributed by atoms with Crippen molar-refractivity contribution in [2.45, 2.75) is 20.3 Å². The molecule has 0 radical (unpaired) electrons. The number of carbonyl (C=O) groups excluding carboxylic acids is 2. The highest BCUT2D eigenvalue weighted by Crippen LogP contribution is 2.32. The van der Waals surface area contributed by atoms with Gasteiger partial charge >= 0.3 is 0 Å². The maximum Gasteiger partial charge on any atom is 0.269 e. The van der Waals surface area contributed by atoms with Gasteiger partial charge in [0.25, 0.3) is 5.91 Å². The number of nitrogens with one attached hydrogen (secondary N) is 2. The summed E-state index contributed by atoms with van der Waals surface area (Å²) in [6, 6.07) is 4.78. The zero-order valence-corrected chi connectivity index (χ0v) is 12.6. The van der Waals surface area contributed by atoms with Gasteiger partial charge in [0.2, 0.25) is 12.7 Å². The van der Waals surface area contributed by atoms with Gasteiger partial charge in [-0.1, -0.05) is 5.16 Å². The summed E-state index contributed by atoms with van der Waals surface area (Å²) in [4.78, 5) is 23.9. The first-order valence-electron chi connectivity index (χ1n) is 6.95. The molecule has 0 saturated carbocycles. The molecule has 120 valence electrons. The number of nitrogens with zero attached hydrogens (tertiary/aromatic N) is 1. The van der Waals surface area contributed by atoms with Gasteiger partial charge in [0.05, 0.1) is 12.1 Å². The molecule has 0 spiro atoms. The van der Waals surface area contributed by atoms with Crippen molar-refractivity contribution in [2.75, 3.05) is 6.79 Å². The van der Waals surface area contributed by atoms with Crippen LogP contribution < -0.4 is 20.3 Å². The summed E-state index contributed by atoms with van der Waals surface area (Å²) in [5.74, 6) is 0.854. The number of benzene rings is 1. The monoisotopic (exact) mass is 317 g/mol. The van der Waals surface area contributed by atoms with Gasteiger partial charge in [-0.15, -0.1) is 0 Å². The van der Waals surface area contributed by atoms with Crippen LogP contribution in [-0.4, -0.2) is 23.8 Å². The molecule has 1 aliphatic heterocycles. The molecule has 1 aromatic heterocycles. The summed E-state index contributed by atoms with van der Waals surface area (Å²) in [5.41, 5.74) is 6.43. The van der Waals surface area contributed by atoms with Crippen molar-refractivity contribution in [2.24, 2.45) is 0 Å². The van der Waals surface area contributed by atoms with Crippen molar-refractivity contribution in [3.63, 3.8) is 0 Å². The summed E-state index contributed by atoms with van der Waals surface area (Å²) in [6.45, 7) is 3.62. The third kappa shape index (κ3) is 3.10. The Morgan fingerprint density at radius 3 is 2.70 bits per heavy atom. The van der Waals surface area contributed by atoms with Crippen molar-refractivity contribution < 1.29 is 23.6 Å². The molecule has 0 unspecified atom stereocenters. The van der Waals surface area contributed by atoms with E-state index in [1.165, 1.54) is 0 Å². The third-order valence-corrected chi connectivity index (χ3v) is 3.47. The third-order valence-electron chi connectivity index (χ3n) is 3.47. The number of ether oxygens (including phenoxy) is 2. The molecule has 2 heterocycles. The number of carbonyl (C=O) groups is 2. The molecule has 2 N–H and O–H groups in total. The van der Waals surface area contributed by atoms with Gasteiger partial charge in [-0.2, -0.15) is 0 Å². The van der Waals surface area contributed by atoms with E-state index in [1.54, 1.807) is 32.0 Å². The van der Waals surface area contributed by atoms with E-state index in [2.05, 4.69) is 16.0 Å². The van der Waals surface area contributed by atoms with Crippen LogP contribution in [0.25, 0.3) is 0 Å². The number of aromatic nitrogens is 1. The van der Waals surface area contributed by atoms with Crippen molar-refractivity contribution >= 4 is 11.8 Å². The molecule has 0 atom stereocenters. The molecule has 3 rings (SSSR count). The zero-order valence-electron chi connectivity index (χ0n) is 12.6. The van der Waals surface area contributed by atoms with E-state index >= 15 is 0 Å². The van der Waals surface area contributed by atoms with E-state index in [-0.39, 0.29) is 19.1 Å². The van der Waals surface area contributed by atoms with Crippen molar-refractivity contribution in [3.05, 3.63) is 40.8 Å². The lowest BCUT2D eigenvalue weighted by molar-refractivity contribution is -0.121. The van der Waals surface area contributed by atoms with Gasteiger partial charge in [0.1, 0.15) is 5.76 Å². The summed E-state index contributed by atoms with van der Waals surface area (Å²) < 4.78 is 15.4. The van der Waals surface area contributed by atoms with Gasteiger partial charge in [-0.3, -0.25) is 20.4 Å². The van der Waals surface area contributed by atoms with Gasteiger partial charge in [-0.05, 0) is 32.0 Å².